The Morgan fingerprint density at radius 2 is 1.96 bits per heavy atom. The van der Waals surface area contributed by atoms with E-state index < -0.39 is 15.6 Å². The van der Waals surface area contributed by atoms with Gasteiger partial charge in [0.25, 0.3) is 0 Å². The monoisotopic (exact) mass is 439 g/mol. The predicted molar refractivity (Wildman–Crippen MR) is 104 cm³/mol. The summed E-state index contributed by atoms with van der Waals surface area (Å²) in [6.45, 7) is 5.89. The fourth-order valence-corrected chi connectivity index (χ4v) is 5.11. The molecule has 0 fully saturated rings. The van der Waals surface area contributed by atoms with Gasteiger partial charge in [-0.3, -0.25) is 0 Å². The number of benzene rings is 2. The van der Waals surface area contributed by atoms with Crippen LogP contribution in [0, 0.1) is 6.92 Å². The summed E-state index contributed by atoms with van der Waals surface area (Å²) in [5, 5.41) is 0. The summed E-state index contributed by atoms with van der Waals surface area (Å²) >= 11 is 3.33. The van der Waals surface area contributed by atoms with Crippen molar-refractivity contribution in [3.05, 3.63) is 52.0 Å². The summed E-state index contributed by atoms with van der Waals surface area (Å²) in [6.07, 6.45) is 0.527. The normalized spacial score (nSPS) is 18.7. The maximum Gasteiger partial charge on any atom is 0.244 e. The Balaban J connectivity index is 2.03. The summed E-state index contributed by atoms with van der Waals surface area (Å²) in [7, 11) is -2.33. The smallest absolute Gasteiger partial charge is 0.244 e. The van der Waals surface area contributed by atoms with E-state index in [9.17, 15) is 8.42 Å². The number of sulfonamides is 1. The van der Waals surface area contributed by atoms with Crippen molar-refractivity contribution in [1.82, 2.24) is 4.72 Å². The van der Waals surface area contributed by atoms with Crippen molar-refractivity contribution in [2.75, 3.05) is 7.11 Å². The van der Waals surface area contributed by atoms with Gasteiger partial charge in [-0.05, 0) is 45.0 Å². The Morgan fingerprint density at radius 1 is 1.23 bits per heavy atom. The van der Waals surface area contributed by atoms with E-state index in [1.165, 1.54) is 7.11 Å². The van der Waals surface area contributed by atoms with Crippen LogP contribution in [0.15, 0.2) is 45.8 Å². The first-order valence-corrected chi connectivity index (χ1v) is 10.5. The van der Waals surface area contributed by atoms with Crippen molar-refractivity contribution in [2.24, 2.45) is 0 Å². The van der Waals surface area contributed by atoms with Crippen LogP contribution in [0.5, 0.6) is 11.5 Å². The SMILES string of the molecule is COc1ccc(Br)cc1S(=O)(=O)N[C@@H]1CC(C)(C)Oc2ccc(C)cc21. The van der Waals surface area contributed by atoms with Crippen molar-refractivity contribution >= 4 is 26.0 Å². The molecular formula is C19H22BrNO4S. The van der Waals surface area contributed by atoms with Crippen LogP contribution in [0.25, 0.3) is 0 Å². The maximum absolute atomic E-state index is 13.1. The van der Waals surface area contributed by atoms with Crippen LogP contribution in [0.3, 0.4) is 0 Å². The lowest BCUT2D eigenvalue weighted by Crippen LogP contribution is -2.41. The third-order valence-electron chi connectivity index (χ3n) is 4.34. The van der Waals surface area contributed by atoms with Gasteiger partial charge in [-0.2, -0.15) is 0 Å². The van der Waals surface area contributed by atoms with Crippen molar-refractivity contribution in [1.29, 1.82) is 0 Å². The highest BCUT2D eigenvalue weighted by Crippen LogP contribution is 2.41. The van der Waals surface area contributed by atoms with Crippen LogP contribution < -0.4 is 14.2 Å². The molecule has 26 heavy (non-hydrogen) atoms. The standard InChI is InChI=1S/C19H22BrNO4S/c1-12-5-7-16-14(9-12)15(11-19(2,3)25-16)21-26(22,23)18-10-13(20)6-8-17(18)24-4/h5-10,15,21H,11H2,1-4H3/t15-/m1/s1. The molecule has 0 bridgehead atoms. The average molecular weight is 440 g/mol. The molecule has 7 heteroatoms. The van der Waals surface area contributed by atoms with E-state index in [0.717, 1.165) is 11.1 Å². The number of aryl methyl sites for hydroxylation is 1. The van der Waals surface area contributed by atoms with Gasteiger partial charge in [0.15, 0.2) is 0 Å². The first-order valence-electron chi connectivity index (χ1n) is 8.27. The highest BCUT2D eigenvalue weighted by molar-refractivity contribution is 9.10. The van der Waals surface area contributed by atoms with Crippen LogP contribution in [0.1, 0.15) is 37.4 Å². The van der Waals surface area contributed by atoms with Gasteiger partial charge in [0.2, 0.25) is 10.0 Å². The Kier molecular flexibility index (Phi) is 5.07. The quantitative estimate of drug-likeness (QED) is 0.768. The van der Waals surface area contributed by atoms with Gasteiger partial charge in [-0.25, -0.2) is 13.1 Å². The number of hydrogen-bond donors (Lipinski definition) is 1. The molecule has 0 saturated heterocycles. The van der Waals surface area contributed by atoms with Gasteiger partial charge in [0.05, 0.1) is 13.2 Å². The number of nitrogens with one attached hydrogen (secondary N) is 1. The highest BCUT2D eigenvalue weighted by Gasteiger charge is 2.36. The second-order valence-corrected chi connectivity index (χ2v) is 9.67. The van der Waals surface area contributed by atoms with Gasteiger partial charge in [0, 0.05) is 16.5 Å². The molecule has 1 aliphatic heterocycles. The fourth-order valence-electron chi connectivity index (χ4n) is 3.19. The van der Waals surface area contributed by atoms with Crippen molar-refractivity contribution in [3.8, 4) is 11.5 Å². The van der Waals surface area contributed by atoms with Crippen LogP contribution in [-0.4, -0.2) is 21.1 Å². The topological polar surface area (TPSA) is 64.6 Å². The van der Waals surface area contributed by atoms with Gasteiger partial charge in [-0.1, -0.05) is 33.6 Å². The molecule has 140 valence electrons. The third-order valence-corrected chi connectivity index (χ3v) is 6.32. The molecule has 2 aromatic carbocycles. The van der Waals surface area contributed by atoms with E-state index in [1.807, 2.05) is 39.0 Å². The number of hydrogen-bond acceptors (Lipinski definition) is 4. The van der Waals surface area contributed by atoms with Crippen LogP contribution in [0.2, 0.25) is 0 Å². The first kappa shape index (κ1) is 19.2. The highest BCUT2D eigenvalue weighted by atomic mass is 79.9. The molecule has 1 aliphatic rings. The Labute approximate surface area is 162 Å². The molecule has 0 spiro atoms. The molecule has 0 saturated carbocycles. The van der Waals surface area contributed by atoms with Crippen molar-refractivity contribution in [3.63, 3.8) is 0 Å². The second-order valence-electron chi connectivity index (χ2n) is 7.08. The molecule has 5 nitrogen and oxygen atoms in total. The number of methoxy groups -OCH3 is 1. The van der Waals surface area contributed by atoms with E-state index in [-0.39, 0.29) is 10.9 Å². The van der Waals surface area contributed by atoms with Crippen LogP contribution in [0.4, 0.5) is 0 Å². The molecule has 0 radical (unpaired) electrons. The zero-order valence-corrected chi connectivity index (χ0v) is 17.6. The number of ether oxygens (including phenoxy) is 2. The van der Waals surface area contributed by atoms with Crippen molar-refractivity contribution in [2.45, 2.75) is 43.7 Å². The molecule has 2 aromatic rings. The minimum atomic E-state index is -3.79. The number of rotatable bonds is 4. The second kappa shape index (κ2) is 6.87. The molecule has 0 aliphatic carbocycles. The molecule has 0 aromatic heterocycles. The fraction of sp³-hybridized carbons (Fsp3) is 0.368. The number of fused-ring (bicyclic) bond motifs is 1. The van der Waals surface area contributed by atoms with E-state index in [0.29, 0.717) is 22.4 Å². The lowest BCUT2D eigenvalue weighted by molar-refractivity contribution is 0.0701. The van der Waals surface area contributed by atoms with Gasteiger partial charge >= 0.3 is 0 Å². The third kappa shape index (κ3) is 3.89. The zero-order chi connectivity index (χ0) is 19.1. The predicted octanol–water partition coefficient (Wildman–Crippen LogP) is 4.35. The molecule has 1 N–H and O–H groups in total. The van der Waals surface area contributed by atoms with E-state index >= 15 is 0 Å². The van der Waals surface area contributed by atoms with Gasteiger partial charge in [0.1, 0.15) is 22.0 Å². The van der Waals surface area contributed by atoms with Crippen molar-refractivity contribution < 1.29 is 17.9 Å². The first-order chi connectivity index (χ1) is 12.1. The zero-order valence-electron chi connectivity index (χ0n) is 15.2. The summed E-state index contributed by atoms with van der Waals surface area (Å²) in [5.41, 5.74) is 1.43. The minimum absolute atomic E-state index is 0.105. The lowest BCUT2D eigenvalue weighted by Gasteiger charge is -2.38. The minimum Gasteiger partial charge on any atom is -0.495 e. The van der Waals surface area contributed by atoms with Crippen LogP contribution >= 0.6 is 15.9 Å². The maximum atomic E-state index is 13.1. The Hall–Kier alpha value is -1.57. The largest absolute Gasteiger partial charge is 0.495 e. The molecule has 1 atom stereocenters. The molecule has 3 rings (SSSR count). The summed E-state index contributed by atoms with van der Waals surface area (Å²) in [4.78, 5) is 0.105. The summed E-state index contributed by atoms with van der Waals surface area (Å²) in [5.74, 6) is 1.01. The van der Waals surface area contributed by atoms with E-state index in [2.05, 4.69) is 20.7 Å². The Morgan fingerprint density at radius 3 is 2.65 bits per heavy atom. The Bertz CT molecular complexity index is 941. The average Bonchev–Trinajstić information content (AvgIpc) is 2.54. The molecule has 1 heterocycles. The lowest BCUT2D eigenvalue weighted by atomic mass is 9.89. The van der Waals surface area contributed by atoms with Gasteiger partial charge in [-0.15, -0.1) is 0 Å². The number of halogens is 1. The molecule has 0 unspecified atom stereocenters. The van der Waals surface area contributed by atoms with E-state index in [1.54, 1.807) is 18.2 Å². The van der Waals surface area contributed by atoms with Gasteiger partial charge < -0.3 is 9.47 Å². The molecule has 0 amide bonds. The van der Waals surface area contributed by atoms with Crippen LogP contribution in [-0.2, 0) is 10.0 Å². The molecular weight excluding hydrogens is 418 g/mol. The van der Waals surface area contributed by atoms with E-state index in [4.69, 9.17) is 9.47 Å². The summed E-state index contributed by atoms with van der Waals surface area (Å²) in [6, 6.07) is 10.4. The summed E-state index contributed by atoms with van der Waals surface area (Å²) < 4.78 is 40.9.